The van der Waals surface area contributed by atoms with Crippen molar-refractivity contribution in [1.82, 2.24) is 4.31 Å². The van der Waals surface area contributed by atoms with Crippen LogP contribution in [0.5, 0.6) is 0 Å². The first kappa shape index (κ1) is 22.7. The molecule has 30 heavy (non-hydrogen) atoms. The van der Waals surface area contributed by atoms with Crippen LogP contribution in [0.3, 0.4) is 0 Å². The molecule has 1 fully saturated rings. The number of carbonyl (C=O) groups is 1. The second-order valence-electron chi connectivity index (χ2n) is 8.65. The van der Waals surface area contributed by atoms with Crippen molar-refractivity contribution in [3.8, 4) is 0 Å². The minimum absolute atomic E-state index is 0.000705. The van der Waals surface area contributed by atoms with Crippen molar-refractivity contribution in [3.63, 3.8) is 0 Å². The fourth-order valence-corrected chi connectivity index (χ4v) is 5.35. The standard InChI is InChI=1S/C22H27ClN2O4S/c1-21(2,3)16-8-10-17(11-9-16)24-20(26)22(27)12-14-25(15-13-22)30(28,29)19-7-5-4-6-18(19)23/h4-11,27H,12-15H2,1-3H3,(H,24,26). The van der Waals surface area contributed by atoms with Crippen LogP contribution in [0, 0.1) is 0 Å². The first-order chi connectivity index (χ1) is 13.9. The van der Waals surface area contributed by atoms with E-state index < -0.39 is 21.5 Å². The molecule has 0 aromatic heterocycles. The molecular formula is C22H27ClN2O4S. The summed E-state index contributed by atoms with van der Waals surface area (Å²) in [5, 5.41) is 13.7. The zero-order chi connectivity index (χ0) is 22.2. The molecule has 1 aliphatic heterocycles. The number of amides is 1. The van der Waals surface area contributed by atoms with Gasteiger partial charge in [0.25, 0.3) is 5.91 Å². The van der Waals surface area contributed by atoms with Gasteiger partial charge in [0.1, 0.15) is 10.5 Å². The van der Waals surface area contributed by atoms with Crippen LogP contribution in [-0.2, 0) is 20.2 Å². The summed E-state index contributed by atoms with van der Waals surface area (Å²) >= 11 is 6.04. The number of hydrogen-bond donors (Lipinski definition) is 2. The number of halogens is 1. The maximum absolute atomic E-state index is 12.9. The third-order valence-corrected chi connectivity index (χ3v) is 7.83. The highest BCUT2D eigenvalue weighted by Crippen LogP contribution is 2.31. The topological polar surface area (TPSA) is 86.7 Å². The molecule has 2 N–H and O–H groups in total. The van der Waals surface area contributed by atoms with E-state index in [0.717, 1.165) is 5.56 Å². The molecule has 1 amide bonds. The summed E-state index contributed by atoms with van der Waals surface area (Å²) in [6.07, 6.45) is 0.00514. The number of piperidine rings is 1. The molecular weight excluding hydrogens is 424 g/mol. The van der Waals surface area contributed by atoms with Gasteiger partial charge in [0.2, 0.25) is 10.0 Å². The molecule has 0 bridgehead atoms. The van der Waals surface area contributed by atoms with Gasteiger partial charge in [-0.2, -0.15) is 4.31 Å². The molecule has 0 saturated carbocycles. The van der Waals surface area contributed by atoms with Gasteiger partial charge in [0.15, 0.2) is 0 Å². The summed E-state index contributed by atoms with van der Waals surface area (Å²) in [7, 11) is -3.79. The Balaban J connectivity index is 1.67. The molecule has 162 valence electrons. The number of nitrogens with zero attached hydrogens (tertiary/aromatic N) is 1. The lowest BCUT2D eigenvalue weighted by Gasteiger charge is -2.36. The normalized spacial score (nSPS) is 17.5. The van der Waals surface area contributed by atoms with E-state index in [2.05, 4.69) is 26.1 Å². The summed E-state index contributed by atoms with van der Waals surface area (Å²) in [5.41, 5.74) is 0.0976. The minimum Gasteiger partial charge on any atom is -0.380 e. The molecule has 2 aromatic rings. The van der Waals surface area contributed by atoms with Gasteiger partial charge in [-0.15, -0.1) is 0 Å². The molecule has 1 heterocycles. The first-order valence-electron chi connectivity index (χ1n) is 9.83. The molecule has 6 nitrogen and oxygen atoms in total. The van der Waals surface area contributed by atoms with E-state index in [9.17, 15) is 18.3 Å². The SMILES string of the molecule is CC(C)(C)c1ccc(NC(=O)C2(O)CCN(S(=O)(=O)c3ccccc3Cl)CC2)cc1. The van der Waals surface area contributed by atoms with E-state index in [-0.39, 0.29) is 41.3 Å². The summed E-state index contributed by atoms with van der Waals surface area (Å²) in [6.45, 7) is 6.37. The number of carbonyl (C=O) groups excluding carboxylic acids is 1. The number of sulfonamides is 1. The number of nitrogens with one attached hydrogen (secondary N) is 1. The van der Waals surface area contributed by atoms with Gasteiger partial charge in [-0.3, -0.25) is 4.79 Å². The number of anilines is 1. The lowest BCUT2D eigenvalue weighted by molar-refractivity contribution is -0.137. The zero-order valence-corrected chi connectivity index (χ0v) is 18.9. The molecule has 0 aliphatic carbocycles. The van der Waals surface area contributed by atoms with Gasteiger partial charge in [0.05, 0.1) is 5.02 Å². The minimum atomic E-state index is -3.79. The van der Waals surface area contributed by atoms with E-state index in [4.69, 9.17) is 11.6 Å². The summed E-state index contributed by atoms with van der Waals surface area (Å²) < 4.78 is 27.0. The van der Waals surface area contributed by atoms with Crippen LogP contribution in [0.25, 0.3) is 0 Å². The maximum atomic E-state index is 12.9. The number of rotatable bonds is 4. The molecule has 8 heteroatoms. The highest BCUT2D eigenvalue weighted by Gasteiger charge is 2.42. The second kappa shape index (κ2) is 8.30. The fourth-order valence-electron chi connectivity index (χ4n) is 3.42. The average Bonchev–Trinajstić information content (AvgIpc) is 2.68. The summed E-state index contributed by atoms with van der Waals surface area (Å²) in [4.78, 5) is 12.7. The summed E-state index contributed by atoms with van der Waals surface area (Å²) in [5.74, 6) is -0.527. The smallest absolute Gasteiger partial charge is 0.256 e. The molecule has 0 radical (unpaired) electrons. The number of hydrogen-bond acceptors (Lipinski definition) is 4. The third kappa shape index (κ3) is 4.70. The quantitative estimate of drug-likeness (QED) is 0.741. The van der Waals surface area contributed by atoms with Crippen LogP contribution in [-0.4, -0.2) is 42.4 Å². The number of aliphatic hydroxyl groups is 1. The molecule has 0 spiro atoms. The van der Waals surface area contributed by atoms with Crippen LogP contribution >= 0.6 is 11.6 Å². The van der Waals surface area contributed by atoms with Gasteiger partial charge < -0.3 is 10.4 Å². The van der Waals surface area contributed by atoms with Crippen molar-refractivity contribution in [2.75, 3.05) is 18.4 Å². The first-order valence-corrected chi connectivity index (χ1v) is 11.6. The predicted octanol–water partition coefficient (Wildman–Crippen LogP) is 3.79. The summed E-state index contributed by atoms with van der Waals surface area (Å²) in [6, 6.07) is 13.7. The van der Waals surface area contributed by atoms with Gasteiger partial charge in [-0.25, -0.2) is 8.42 Å². The highest BCUT2D eigenvalue weighted by atomic mass is 35.5. The Bertz CT molecular complexity index is 1020. The van der Waals surface area contributed by atoms with Crippen LogP contribution in [0.4, 0.5) is 5.69 Å². The molecule has 2 aromatic carbocycles. The van der Waals surface area contributed by atoms with E-state index >= 15 is 0 Å². The van der Waals surface area contributed by atoms with Crippen molar-refractivity contribution >= 4 is 33.2 Å². The van der Waals surface area contributed by atoms with Crippen LogP contribution in [0.1, 0.15) is 39.2 Å². The molecule has 1 saturated heterocycles. The van der Waals surface area contributed by atoms with Crippen LogP contribution < -0.4 is 5.32 Å². The Morgan fingerprint density at radius 1 is 1.07 bits per heavy atom. The fraction of sp³-hybridized carbons (Fsp3) is 0.409. The van der Waals surface area contributed by atoms with Gasteiger partial charge in [-0.05, 0) is 48.1 Å². The molecule has 0 unspecified atom stereocenters. The van der Waals surface area contributed by atoms with Crippen molar-refractivity contribution in [1.29, 1.82) is 0 Å². The van der Waals surface area contributed by atoms with E-state index in [0.29, 0.717) is 5.69 Å². The monoisotopic (exact) mass is 450 g/mol. The number of benzene rings is 2. The largest absolute Gasteiger partial charge is 0.380 e. The molecule has 0 atom stereocenters. The van der Waals surface area contributed by atoms with Gasteiger partial charge in [0, 0.05) is 18.8 Å². The van der Waals surface area contributed by atoms with Crippen molar-refractivity contribution in [2.24, 2.45) is 0 Å². The Labute approximate surface area is 182 Å². The second-order valence-corrected chi connectivity index (χ2v) is 11.0. The Kier molecular flexibility index (Phi) is 6.30. The lowest BCUT2D eigenvalue weighted by atomic mass is 9.87. The van der Waals surface area contributed by atoms with Crippen molar-refractivity contribution in [2.45, 2.75) is 49.5 Å². The zero-order valence-electron chi connectivity index (χ0n) is 17.4. The third-order valence-electron chi connectivity index (χ3n) is 5.44. The lowest BCUT2D eigenvalue weighted by Crippen LogP contribution is -2.52. The Hall–Kier alpha value is -1.93. The molecule has 1 aliphatic rings. The van der Waals surface area contributed by atoms with E-state index in [1.54, 1.807) is 24.3 Å². The van der Waals surface area contributed by atoms with E-state index in [1.165, 1.54) is 16.4 Å². The van der Waals surface area contributed by atoms with Crippen molar-refractivity contribution < 1.29 is 18.3 Å². The van der Waals surface area contributed by atoms with E-state index in [1.807, 2.05) is 12.1 Å². The van der Waals surface area contributed by atoms with Crippen LogP contribution in [0.2, 0.25) is 5.02 Å². The van der Waals surface area contributed by atoms with Crippen LogP contribution in [0.15, 0.2) is 53.4 Å². The average molecular weight is 451 g/mol. The van der Waals surface area contributed by atoms with Crippen molar-refractivity contribution in [3.05, 3.63) is 59.1 Å². The molecule has 3 rings (SSSR count). The van der Waals surface area contributed by atoms with Gasteiger partial charge in [-0.1, -0.05) is 56.6 Å². The Morgan fingerprint density at radius 2 is 1.63 bits per heavy atom. The highest BCUT2D eigenvalue weighted by molar-refractivity contribution is 7.89. The Morgan fingerprint density at radius 3 is 2.17 bits per heavy atom. The van der Waals surface area contributed by atoms with Gasteiger partial charge >= 0.3 is 0 Å². The maximum Gasteiger partial charge on any atom is 0.256 e. The predicted molar refractivity (Wildman–Crippen MR) is 118 cm³/mol.